The first-order valence-corrected chi connectivity index (χ1v) is 6.58. The van der Waals surface area contributed by atoms with Gasteiger partial charge in [-0.1, -0.05) is 13.8 Å². The van der Waals surface area contributed by atoms with E-state index in [1.165, 1.54) is 5.82 Å². The molecule has 0 aromatic carbocycles. The van der Waals surface area contributed by atoms with Gasteiger partial charge in [0.1, 0.15) is 5.82 Å². The van der Waals surface area contributed by atoms with Gasteiger partial charge in [0.15, 0.2) is 0 Å². The van der Waals surface area contributed by atoms with Gasteiger partial charge in [-0.15, -0.1) is 0 Å². The third-order valence-electron chi connectivity index (χ3n) is 3.48. The number of aliphatic hydroxyl groups excluding tert-OH is 1. The lowest BCUT2D eigenvalue weighted by molar-refractivity contribution is 0.0808. The molecule has 1 aliphatic heterocycles. The topological polar surface area (TPSA) is 41.3 Å². The Kier molecular flexibility index (Phi) is 4.18. The second kappa shape index (κ2) is 5.65. The molecule has 2 heterocycles. The highest BCUT2D eigenvalue weighted by molar-refractivity contribution is 4.97. The lowest BCUT2D eigenvalue weighted by Gasteiger charge is -2.29. The normalized spacial score (nSPS) is 19.1. The number of imidazole rings is 1. The van der Waals surface area contributed by atoms with Crippen molar-refractivity contribution in [1.82, 2.24) is 14.5 Å². The largest absolute Gasteiger partial charge is 0.393 e. The van der Waals surface area contributed by atoms with Crippen LogP contribution >= 0.6 is 0 Å². The van der Waals surface area contributed by atoms with Crippen molar-refractivity contribution in [2.75, 3.05) is 19.6 Å². The summed E-state index contributed by atoms with van der Waals surface area (Å²) in [4.78, 5) is 6.82. The number of hydrogen-bond donors (Lipinski definition) is 1. The Hall–Kier alpha value is -0.870. The average Bonchev–Trinajstić information content (AvgIpc) is 2.76. The summed E-state index contributed by atoms with van der Waals surface area (Å²) in [6.45, 7) is 8.46. The standard InChI is InChI=1S/C13H23N3O/c1-11(2)13-14-5-8-16(13)10-9-15-6-3-12(17)4-7-15/h5,8,11-12,17H,3-4,6-7,9-10H2,1-2H3. The van der Waals surface area contributed by atoms with Crippen molar-refractivity contribution >= 4 is 0 Å². The van der Waals surface area contributed by atoms with Crippen LogP contribution in [0.2, 0.25) is 0 Å². The molecule has 4 nitrogen and oxygen atoms in total. The van der Waals surface area contributed by atoms with Crippen molar-refractivity contribution in [3.05, 3.63) is 18.2 Å². The van der Waals surface area contributed by atoms with Crippen LogP contribution in [0.15, 0.2) is 12.4 Å². The zero-order chi connectivity index (χ0) is 12.3. The third-order valence-corrected chi connectivity index (χ3v) is 3.48. The van der Waals surface area contributed by atoms with Gasteiger partial charge in [0.2, 0.25) is 0 Å². The highest BCUT2D eigenvalue weighted by atomic mass is 16.3. The number of piperidine rings is 1. The first kappa shape index (κ1) is 12.6. The molecule has 1 aliphatic rings. The van der Waals surface area contributed by atoms with E-state index in [1.54, 1.807) is 0 Å². The molecule has 1 aromatic rings. The Morgan fingerprint density at radius 1 is 1.35 bits per heavy atom. The summed E-state index contributed by atoms with van der Waals surface area (Å²) in [6, 6.07) is 0. The molecule has 1 N–H and O–H groups in total. The zero-order valence-corrected chi connectivity index (χ0v) is 10.8. The van der Waals surface area contributed by atoms with E-state index in [0.717, 1.165) is 39.0 Å². The summed E-state index contributed by atoms with van der Waals surface area (Å²) in [6.07, 6.45) is 5.71. The van der Waals surface area contributed by atoms with E-state index < -0.39 is 0 Å². The minimum Gasteiger partial charge on any atom is -0.393 e. The van der Waals surface area contributed by atoms with Crippen molar-refractivity contribution in [2.45, 2.75) is 45.3 Å². The first-order valence-electron chi connectivity index (χ1n) is 6.58. The van der Waals surface area contributed by atoms with E-state index in [1.807, 2.05) is 6.20 Å². The van der Waals surface area contributed by atoms with Crippen LogP contribution in [-0.4, -0.2) is 45.3 Å². The van der Waals surface area contributed by atoms with Crippen LogP contribution in [0.4, 0.5) is 0 Å². The molecular formula is C13H23N3O. The lowest BCUT2D eigenvalue weighted by Crippen LogP contribution is -2.37. The molecule has 1 fully saturated rings. The Balaban J connectivity index is 1.83. The summed E-state index contributed by atoms with van der Waals surface area (Å²) in [5.41, 5.74) is 0. The van der Waals surface area contributed by atoms with E-state index in [0.29, 0.717) is 5.92 Å². The van der Waals surface area contributed by atoms with Crippen LogP contribution in [-0.2, 0) is 6.54 Å². The molecule has 4 heteroatoms. The fourth-order valence-electron chi connectivity index (χ4n) is 2.40. The Bertz CT molecular complexity index is 340. The molecule has 0 spiro atoms. The quantitative estimate of drug-likeness (QED) is 0.862. The van der Waals surface area contributed by atoms with E-state index in [4.69, 9.17) is 0 Å². The summed E-state index contributed by atoms with van der Waals surface area (Å²) in [5, 5.41) is 9.45. The predicted molar refractivity (Wildman–Crippen MR) is 68.0 cm³/mol. The highest BCUT2D eigenvalue weighted by Crippen LogP contribution is 2.13. The van der Waals surface area contributed by atoms with Crippen molar-refractivity contribution in [2.24, 2.45) is 0 Å². The number of nitrogens with zero attached hydrogens (tertiary/aromatic N) is 3. The van der Waals surface area contributed by atoms with Crippen LogP contribution < -0.4 is 0 Å². The number of likely N-dealkylation sites (tertiary alicyclic amines) is 1. The molecule has 2 rings (SSSR count). The fourth-order valence-corrected chi connectivity index (χ4v) is 2.40. The number of aliphatic hydroxyl groups is 1. The number of rotatable bonds is 4. The van der Waals surface area contributed by atoms with Gasteiger partial charge in [0, 0.05) is 44.5 Å². The number of hydrogen-bond acceptors (Lipinski definition) is 3. The van der Waals surface area contributed by atoms with E-state index in [2.05, 4.69) is 34.5 Å². The Morgan fingerprint density at radius 3 is 2.71 bits per heavy atom. The molecule has 0 unspecified atom stereocenters. The maximum atomic E-state index is 9.45. The maximum Gasteiger partial charge on any atom is 0.111 e. The summed E-state index contributed by atoms with van der Waals surface area (Å²) in [5.74, 6) is 1.65. The maximum absolute atomic E-state index is 9.45. The smallest absolute Gasteiger partial charge is 0.111 e. The molecule has 0 radical (unpaired) electrons. The molecular weight excluding hydrogens is 214 g/mol. The van der Waals surface area contributed by atoms with Crippen LogP contribution in [0.25, 0.3) is 0 Å². The predicted octanol–water partition coefficient (Wildman–Crippen LogP) is 1.46. The van der Waals surface area contributed by atoms with Crippen LogP contribution in [0.3, 0.4) is 0 Å². The highest BCUT2D eigenvalue weighted by Gasteiger charge is 2.17. The molecule has 1 saturated heterocycles. The fraction of sp³-hybridized carbons (Fsp3) is 0.769. The molecule has 0 amide bonds. The van der Waals surface area contributed by atoms with Gasteiger partial charge in [0.25, 0.3) is 0 Å². The molecule has 0 aliphatic carbocycles. The van der Waals surface area contributed by atoms with Gasteiger partial charge in [-0.3, -0.25) is 0 Å². The van der Waals surface area contributed by atoms with E-state index in [-0.39, 0.29) is 6.10 Å². The lowest BCUT2D eigenvalue weighted by atomic mass is 10.1. The molecule has 0 saturated carbocycles. The van der Waals surface area contributed by atoms with Gasteiger partial charge in [-0.25, -0.2) is 4.98 Å². The van der Waals surface area contributed by atoms with Gasteiger partial charge in [-0.05, 0) is 12.8 Å². The van der Waals surface area contributed by atoms with Crippen molar-refractivity contribution in [3.8, 4) is 0 Å². The van der Waals surface area contributed by atoms with Crippen LogP contribution in [0, 0.1) is 0 Å². The second-order valence-corrected chi connectivity index (χ2v) is 5.21. The van der Waals surface area contributed by atoms with Crippen LogP contribution in [0.5, 0.6) is 0 Å². The summed E-state index contributed by atoms with van der Waals surface area (Å²) < 4.78 is 2.25. The van der Waals surface area contributed by atoms with Gasteiger partial charge < -0.3 is 14.6 Å². The van der Waals surface area contributed by atoms with Crippen molar-refractivity contribution in [1.29, 1.82) is 0 Å². The monoisotopic (exact) mass is 237 g/mol. The molecule has 17 heavy (non-hydrogen) atoms. The van der Waals surface area contributed by atoms with Gasteiger partial charge in [0.05, 0.1) is 6.10 Å². The molecule has 0 bridgehead atoms. The van der Waals surface area contributed by atoms with E-state index >= 15 is 0 Å². The van der Waals surface area contributed by atoms with Crippen molar-refractivity contribution in [3.63, 3.8) is 0 Å². The SMILES string of the molecule is CC(C)c1nccn1CCN1CCC(O)CC1. The summed E-state index contributed by atoms with van der Waals surface area (Å²) in [7, 11) is 0. The second-order valence-electron chi connectivity index (χ2n) is 5.21. The van der Waals surface area contributed by atoms with Gasteiger partial charge in [-0.2, -0.15) is 0 Å². The molecule has 96 valence electrons. The summed E-state index contributed by atoms with van der Waals surface area (Å²) >= 11 is 0. The third kappa shape index (κ3) is 3.30. The first-order chi connectivity index (χ1) is 8.16. The molecule has 0 atom stereocenters. The molecule has 1 aromatic heterocycles. The number of aromatic nitrogens is 2. The van der Waals surface area contributed by atoms with E-state index in [9.17, 15) is 5.11 Å². The Morgan fingerprint density at radius 2 is 2.06 bits per heavy atom. The van der Waals surface area contributed by atoms with Crippen LogP contribution in [0.1, 0.15) is 38.4 Å². The average molecular weight is 237 g/mol. The van der Waals surface area contributed by atoms with Gasteiger partial charge >= 0.3 is 0 Å². The van der Waals surface area contributed by atoms with Crippen molar-refractivity contribution < 1.29 is 5.11 Å². The minimum atomic E-state index is -0.0780. The zero-order valence-electron chi connectivity index (χ0n) is 10.8. The Labute approximate surface area is 103 Å². The minimum absolute atomic E-state index is 0.0780.